The lowest BCUT2D eigenvalue weighted by Crippen LogP contribution is -2.19. The van der Waals surface area contributed by atoms with Gasteiger partial charge in [0, 0.05) is 6.54 Å². The van der Waals surface area contributed by atoms with Crippen LogP contribution in [0.3, 0.4) is 0 Å². The van der Waals surface area contributed by atoms with Crippen molar-refractivity contribution in [2.75, 3.05) is 6.54 Å². The third-order valence-corrected chi connectivity index (χ3v) is 0.468. The Morgan fingerprint density at radius 1 is 1.50 bits per heavy atom. The molecule has 10 heavy (non-hydrogen) atoms. The van der Waals surface area contributed by atoms with Gasteiger partial charge in [-0.05, 0) is 12.8 Å². The van der Waals surface area contributed by atoms with Gasteiger partial charge in [-0.25, -0.2) is 0 Å². The molecule has 2 nitrogen and oxygen atoms in total. The van der Waals surface area contributed by atoms with Gasteiger partial charge in [0.25, 0.3) is 5.91 Å². The predicted octanol–water partition coefficient (Wildman–Crippen LogP) is 1.17. The summed E-state index contributed by atoms with van der Waals surface area (Å²) in [5, 5.41) is 2.42. The summed E-state index contributed by atoms with van der Waals surface area (Å²) in [5.74, 6) is 1.57. The fourth-order valence-corrected chi connectivity index (χ4v) is 0.212. The van der Waals surface area contributed by atoms with Crippen LogP contribution in [0.25, 0.3) is 0 Å². The molecule has 1 amide bonds. The molecule has 0 saturated heterocycles. The van der Waals surface area contributed by atoms with Crippen LogP contribution < -0.4 is 5.32 Å². The maximum Gasteiger partial charge on any atom is 0.295 e. The third kappa shape index (κ3) is 15.7. The molecule has 0 aromatic carbocycles. The molecule has 0 bridgehead atoms. The van der Waals surface area contributed by atoms with Crippen LogP contribution in [0.5, 0.6) is 0 Å². The first-order valence-corrected chi connectivity index (χ1v) is 3.47. The van der Waals surface area contributed by atoms with Crippen molar-refractivity contribution in [1.29, 1.82) is 0 Å². The quantitative estimate of drug-likeness (QED) is 0.546. The smallest absolute Gasteiger partial charge is 0.295 e. The van der Waals surface area contributed by atoms with Crippen molar-refractivity contribution >= 4 is 5.91 Å². The van der Waals surface area contributed by atoms with Crippen LogP contribution in [0.15, 0.2) is 0 Å². The highest BCUT2D eigenvalue weighted by atomic mass is 16.1. The van der Waals surface area contributed by atoms with E-state index in [4.69, 9.17) is 6.42 Å². The lowest BCUT2D eigenvalue weighted by molar-refractivity contribution is -0.115. The molecule has 0 saturated carbocycles. The molecule has 58 valence electrons. The Morgan fingerprint density at radius 2 is 1.90 bits per heavy atom. The van der Waals surface area contributed by atoms with Crippen LogP contribution in [0.4, 0.5) is 0 Å². The van der Waals surface area contributed by atoms with Gasteiger partial charge in [0.1, 0.15) is 0 Å². The second-order valence-electron chi connectivity index (χ2n) is 1.71. The Kier molecular flexibility index (Phi) is 12.9. The first-order chi connectivity index (χ1) is 4.72. The summed E-state index contributed by atoms with van der Waals surface area (Å²) in [5.41, 5.74) is 0. The standard InChI is InChI=1S/C5H7NO.C3H8/c1-3-5(7)6-4-2;1-3-2/h1H,4H2,2H3,(H,6,7);3H2,1-2H3. The van der Waals surface area contributed by atoms with Gasteiger partial charge in [0.2, 0.25) is 0 Å². The fourth-order valence-electron chi connectivity index (χ4n) is 0.212. The van der Waals surface area contributed by atoms with Crippen LogP contribution in [0.2, 0.25) is 0 Å². The SMILES string of the molecule is C#CC(=O)NCC.CCC. The Hall–Kier alpha value is -0.970. The van der Waals surface area contributed by atoms with Crippen molar-refractivity contribution in [3.63, 3.8) is 0 Å². The average molecular weight is 141 g/mol. The first kappa shape index (κ1) is 11.8. The summed E-state index contributed by atoms with van der Waals surface area (Å²) in [6.07, 6.45) is 5.95. The maximum atomic E-state index is 10.1. The highest BCUT2D eigenvalue weighted by molar-refractivity contribution is 5.92. The minimum atomic E-state index is -0.345. The number of amides is 1. The monoisotopic (exact) mass is 141 g/mol. The summed E-state index contributed by atoms with van der Waals surface area (Å²) in [7, 11) is 0. The number of hydrogen-bond acceptors (Lipinski definition) is 1. The Morgan fingerprint density at radius 3 is 2.00 bits per heavy atom. The molecule has 0 aliphatic carbocycles. The zero-order valence-corrected chi connectivity index (χ0v) is 6.90. The van der Waals surface area contributed by atoms with E-state index in [1.54, 1.807) is 0 Å². The number of rotatable bonds is 1. The van der Waals surface area contributed by atoms with Crippen molar-refractivity contribution < 1.29 is 4.79 Å². The van der Waals surface area contributed by atoms with Crippen LogP contribution >= 0.6 is 0 Å². The Balaban J connectivity index is 0. The zero-order valence-electron chi connectivity index (χ0n) is 6.90. The van der Waals surface area contributed by atoms with Crippen LogP contribution in [-0.2, 0) is 4.79 Å². The molecule has 0 unspecified atom stereocenters. The largest absolute Gasteiger partial charge is 0.346 e. The van der Waals surface area contributed by atoms with E-state index in [9.17, 15) is 4.79 Å². The normalized spacial score (nSPS) is 6.60. The molecule has 0 heterocycles. The van der Waals surface area contributed by atoms with Gasteiger partial charge in [-0.1, -0.05) is 20.3 Å². The molecular weight excluding hydrogens is 126 g/mol. The van der Waals surface area contributed by atoms with Gasteiger partial charge >= 0.3 is 0 Å². The van der Waals surface area contributed by atoms with Gasteiger partial charge in [-0.15, -0.1) is 6.42 Å². The topological polar surface area (TPSA) is 29.1 Å². The molecule has 0 rings (SSSR count). The van der Waals surface area contributed by atoms with Gasteiger partial charge in [0.05, 0.1) is 0 Å². The third-order valence-electron chi connectivity index (χ3n) is 0.468. The van der Waals surface area contributed by atoms with E-state index in [2.05, 4.69) is 19.2 Å². The minimum Gasteiger partial charge on any atom is -0.346 e. The summed E-state index contributed by atoms with van der Waals surface area (Å²) >= 11 is 0. The maximum absolute atomic E-state index is 10.1. The van der Waals surface area contributed by atoms with Crippen molar-refractivity contribution in [2.45, 2.75) is 27.2 Å². The first-order valence-electron chi connectivity index (χ1n) is 3.47. The van der Waals surface area contributed by atoms with Crippen molar-refractivity contribution in [2.24, 2.45) is 0 Å². The van der Waals surface area contributed by atoms with Crippen LogP contribution in [0, 0.1) is 12.3 Å². The molecule has 0 aromatic rings. The van der Waals surface area contributed by atoms with Crippen molar-refractivity contribution in [3.8, 4) is 12.3 Å². The van der Waals surface area contributed by atoms with E-state index in [1.165, 1.54) is 6.42 Å². The van der Waals surface area contributed by atoms with Gasteiger partial charge < -0.3 is 5.32 Å². The number of carbonyl (C=O) groups is 1. The molecule has 1 N–H and O–H groups in total. The van der Waals surface area contributed by atoms with E-state index < -0.39 is 0 Å². The summed E-state index contributed by atoms with van der Waals surface area (Å²) in [4.78, 5) is 10.1. The lowest BCUT2D eigenvalue weighted by atomic mass is 10.6. The average Bonchev–Trinajstić information content (AvgIpc) is 1.90. The second-order valence-corrected chi connectivity index (χ2v) is 1.71. The molecule has 0 fully saturated rings. The number of hydrogen-bond donors (Lipinski definition) is 1. The summed E-state index contributed by atoms with van der Waals surface area (Å²) < 4.78 is 0. The van der Waals surface area contributed by atoms with Gasteiger partial charge in [-0.3, -0.25) is 4.79 Å². The summed E-state index contributed by atoms with van der Waals surface area (Å²) in [6.45, 7) is 6.66. The van der Waals surface area contributed by atoms with E-state index >= 15 is 0 Å². The number of terminal acetylenes is 1. The minimum absolute atomic E-state index is 0.345. The number of nitrogens with one attached hydrogen (secondary N) is 1. The molecule has 0 radical (unpaired) electrons. The van der Waals surface area contributed by atoms with Gasteiger partial charge in [-0.2, -0.15) is 0 Å². The van der Waals surface area contributed by atoms with E-state index in [1.807, 2.05) is 12.8 Å². The Bertz CT molecular complexity index is 113. The molecule has 0 aliphatic rings. The highest BCUT2D eigenvalue weighted by Crippen LogP contribution is 1.56. The summed E-state index contributed by atoms with van der Waals surface area (Å²) in [6, 6.07) is 0. The molecule has 0 aromatic heterocycles. The molecule has 2 heteroatoms. The zero-order chi connectivity index (χ0) is 8.41. The molecular formula is C8H15NO. The van der Waals surface area contributed by atoms with Crippen LogP contribution in [0.1, 0.15) is 27.2 Å². The predicted molar refractivity (Wildman–Crippen MR) is 43.5 cm³/mol. The molecule has 0 atom stereocenters. The highest BCUT2D eigenvalue weighted by Gasteiger charge is 1.84. The van der Waals surface area contributed by atoms with E-state index in [0.29, 0.717) is 6.54 Å². The van der Waals surface area contributed by atoms with Crippen LogP contribution in [-0.4, -0.2) is 12.5 Å². The number of carbonyl (C=O) groups excluding carboxylic acids is 1. The van der Waals surface area contributed by atoms with Crippen molar-refractivity contribution in [3.05, 3.63) is 0 Å². The molecule has 0 aliphatic heterocycles. The van der Waals surface area contributed by atoms with Crippen molar-refractivity contribution in [1.82, 2.24) is 5.32 Å². The van der Waals surface area contributed by atoms with E-state index in [-0.39, 0.29) is 5.91 Å². The lowest BCUT2D eigenvalue weighted by Gasteiger charge is -1.88. The van der Waals surface area contributed by atoms with Gasteiger partial charge in [0.15, 0.2) is 0 Å². The fraction of sp³-hybridized carbons (Fsp3) is 0.625. The Labute approximate surface area is 63.0 Å². The van der Waals surface area contributed by atoms with E-state index in [0.717, 1.165) is 0 Å². The second kappa shape index (κ2) is 10.9. The molecule has 0 spiro atoms.